The molecule has 1 aliphatic carbocycles. The van der Waals surface area contributed by atoms with E-state index in [9.17, 15) is 4.79 Å². The zero-order valence-corrected chi connectivity index (χ0v) is 11.0. The summed E-state index contributed by atoms with van der Waals surface area (Å²) in [6.45, 7) is 0.819. The van der Waals surface area contributed by atoms with Crippen LogP contribution in [0.15, 0.2) is 23.0 Å². The van der Waals surface area contributed by atoms with Crippen LogP contribution in [0, 0.1) is 5.92 Å². The van der Waals surface area contributed by atoms with Crippen LogP contribution in [0.5, 0.6) is 0 Å². The van der Waals surface area contributed by atoms with E-state index in [4.69, 9.17) is 11.6 Å². The van der Waals surface area contributed by atoms with E-state index in [0.29, 0.717) is 10.9 Å². The number of hydrogen-bond acceptors (Lipinski definition) is 1. The van der Waals surface area contributed by atoms with Gasteiger partial charge in [0, 0.05) is 11.6 Å². The summed E-state index contributed by atoms with van der Waals surface area (Å²) >= 11 is 6.01. The van der Waals surface area contributed by atoms with Crippen molar-refractivity contribution in [1.29, 1.82) is 0 Å². The Balaban J connectivity index is 1.97. The smallest absolute Gasteiger partial charge is 0.306 e. The summed E-state index contributed by atoms with van der Waals surface area (Å²) in [5, 5.41) is 0.680. The van der Waals surface area contributed by atoms with Gasteiger partial charge >= 0.3 is 5.69 Å². The Morgan fingerprint density at radius 1 is 1.28 bits per heavy atom. The molecule has 3 rings (SSSR count). The quantitative estimate of drug-likeness (QED) is 0.885. The van der Waals surface area contributed by atoms with Crippen LogP contribution in [0.4, 0.5) is 0 Å². The molecule has 18 heavy (non-hydrogen) atoms. The van der Waals surface area contributed by atoms with Crippen LogP contribution in [0.2, 0.25) is 5.02 Å². The second kappa shape index (κ2) is 4.81. The fourth-order valence-electron chi connectivity index (χ4n) is 2.94. The van der Waals surface area contributed by atoms with E-state index in [1.54, 1.807) is 0 Å². The number of H-pyrrole nitrogens is 1. The SMILES string of the molecule is O=c1[nH]c2ccc(Cl)cc2n1CC1CCCCC1. The Hall–Kier alpha value is -1.22. The number of rotatable bonds is 2. The predicted molar refractivity (Wildman–Crippen MR) is 74.1 cm³/mol. The molecule has 96 valence electrons. The number of halogens is 1. The molecule has 1 aliphatic rings. The lowest BCUT2D eigenvalue weighted by Crippen LogP contribution is -2.22. The van der Waals surface area contributed by atoms with Gasteiger partial charge in [0.1, 0.15) is 0 Å². The first-order valence-electron chi connectivity index (χ1n) is 6.62. The van der Waals surface area contributed by atoms with Gasteiger partial charge in [-0.25, -0.2) is 4.79 Å². The molecule has 4 heteroatoms. The van der Waals surface area contributed by atoms with Gasteiger partial charge in [0.05, 0.1) is 11.0 Å². The van der Waals surface area contributed by atoms with E-state index in [2.05, 4.69) is 4.98 Å². The van der Waals surface area contributed by atoms with Gasteiger partial charge in [-0.3, -0.25) is 4.57 Å². The summed E-state index contributed by atoms with van der Waals surface area (Å²) < 4.78 is 1.84. The second-order valence-electron chi connectivity index (χ2n) is 5.21. The Labute approximate surface area is 111 Å². The van der Waals surface area contributed by atoms with Crippen molar-refractivity contribution in [2.45, 2.75) is 38.6 Å². The Morgan fingerprint density at radius 3 is 2.83 bits per heavy atom. The molecule has 1 fully saturated rings. The summed E-state index contributed by atoms with van der Waals surface area (Å²) in [6.07, 6.45) is 6.40. The van der Waals surface area contributed by atoms with Gasteiger partial charge in [0.25, 0.3) is 0 Å². The molecule has 0 unspecified atom stereocenters. The average Bonchev–Trinajstić information content (AvgIpc) is 2.67. The molecule has 1 saturated carbocycles. The third kappa shape index (κ3) is 2.19. The zero-order chi connectivity index (χ0) is 12.5. The minimum absolute atomic E-state index is 0.0159. The zero-order valence-electron chi connectivity index (χ0n) is 10.3. The number of nitrogens with zero attached hydrogens (tertiary/aromatic N) is 1. The monoisotopic (exact) mass is 264 g/mol. The topological polar surface area (TPSA) is 37.8 Å². The van der Waals surface area contributed by atoms with Gasteiger partial charge < -0.3 is 4.98 Å². The third-order valence-corrected chi connectivity index (χ3v) is 4.14. The van der Waals surface area contributed by atoms with Gasteiger partial charge in [0.15, 0.2) is 0 Å². The summed E-state index contributed by atoms with van der Waals surface area (Å²) in [4.78, 5) is 14.9. The first-order chi connectivity index (χ1) is 8.74. The van der Waals surface area contributed by atoms with E-state index in [0.717, 1.165) is 17.6 Å². The van der Waals surface area contributed by atoms with Crippen molar-refractivity contribution < 1.29 is 0 Å². The number of nitrogens with one attached hydrogen (secondary N) is 1. The standard InChI is InChI=1S/C14H17ClN2O/c15-11-6-7-12-13(8-11)17(14(18)16-12)9-10-4-2-1-3-5-10/h6-8,10H,1-5,9H2,(H,16,18). The molecule has 0 aliphatic heterocycles. The lowest BCUT2D eigenvalue weighted by Gasteiger charge is -2.21. The van der Waals surface area contributed by atoms with E-state index < -0.39 is 0 Å². The molecule has 3 nitrogen and oxygen atoms in total. The summed E-state index contributed by atoms with van der Waals surface area (Å²) in [5.74, 6) is 0.634. The van der Waals surface area contributed by atoms with Gasteiger partial charge in [-0.05, 0) is 37.0 Å². The fourth-order valence-corrected chi connectivity index (χ4v) is 3.10. The number of imidazole rings is 1. The minimum atomic E-state index is -0.0159. The largest absolute Gasteiger partial charge is 0.326 e. The molecule has 0 saturated heterocycles. The molecule has 1 aromatic heterocycles. The molecule has 2 aromatic rings. The highest BCUT2D eigenvalue weighted by Gasteiger charge is 2.16. The third-order valence-electron chi connectivity index (χ3n) is 3.90. The van der Waals surface area contributed by atoms with E-state index >= 15 is 0 Å². The molecule has 0 atom stereocenters. The van der Waals surface area contributed by atoms with E-state index in [-0.39, 0.29) is 5.69 Å². The van der Waals surface area contributed by atoms with Gasteiger partial charge in [0.2, 0.25) is 0 Å². The summed E-state index contributed by atoms with van der Waals surface area (Å²) in [6, 6.07) is 5.55. The normalized spacial score (nSPS) is 17.4. The van der Waals surface area contributed by atoms with Crippen LogP contribution in [0.1, 0.15) is 32.1 Å². The van der Waals surface area contributed by atoms with Crippen molar-refractivity contribution in [3.63, 3.8) is 0 Å². The van der Waals surface area contributed by atoms with Crippen LogP contribution in [-0.4, -0.2) is 9.55 Å². The van der Waals surface area contributed by atoms with Crippen molar-refractivity contribution in [3.8, 4) is 0 Å². The second-order valence-corrected chi connectivity index (χ2v) is 5.64. The molecule has 1 aromatic carbocycles. The van der Waals surface area contributed by atoms with Gasteiger partial charge in [-0.2, -0.15) is 0 Å². The van der Waals surface area contributed by atoms with Crippen LogP contribution < -0.4 is 5.69 Å². The van der Waals surface area contributed by atoms with Crippen LogP contribution >= 0.6 is 11.6 Å². The lowest BCUT2D eigenvalue weighted by atomic mass is 9.89. The maximum atomic E-state index is 12.0. The fraction of sp³-hybridized carbons (Fsp3) is 0.500. The predicted octanol–water partition coefficient (Wildman–Crippen LogP) is 3.56. The van der Waals surface area contributed by atoms with Crippen LogP contribution in [0.3, 0.4) is 0 Å². The van der Waals surface area contributed by atoms with Gasteiger partial charge in [-0.15, -0.1) is 0 Å². The van der Waals surface area contributed by atoms with Gasteiger partial charge in [-0.1, -0.05) is 30.9 Å². The maximum absolute atomic E-state index is 12.0. The highest BCUT2D eigenvalue weighted by atomic mass is 35.5. The van der Waals surface area contributed by atoms with Crippen molar-refractivity contribution in [3.05, 3.63) is 33.7 Å². The molecular weight excluding hydrogens is 248 g/mol. The summed E-state index contributed by atoms with van der Waals surface area (Å²) in [7, 11) is 0. The number of aromatic amines is 1. The first kappa shape index (κ1) is 11.8. The maximum Gasteiger partial charge on any atom is 0.326 e. The molecule has 0 radical (unpaired) electrons. The highest BCUT2D eigenvalue weighted by Crippen LogP contribution is 2.26. The average molecular weight is 265 g/mol. The molecule has 0 spiro atoms. The Morgan fingerprint density at radius 2 is 2.06 bits per heavy atom. The number of benzene rings is 1. The molecule has 0 amide bonds. The molecular formula is C14H17ClN2O. The van der Waals surface area contributed by atoms with E-state index in [1.165, 1.54) is 32.1 Å². The first-order valence-corrected chi connectivity index (χ1v) is 7.00. The Bertz CT molecular complexity index is 608. The van der Waals surface area contributed by atoms with Crippen LogP contribution in [0.25, 0.3) is 11.0 Å². The summed E-state index contributed by atoms with van der Waals surface area (Å²) in [5.41, 5.74) is 1.79. The molecule has 1 N–H and O–H groups in total. The van der Waals surface area contributed by atoms with Crippen molar-refractivity contribution in [1.82, 2.24) is 9.55 Å². The Kier molecular flexibility index (Phi) is 3.16. The van der Waals surface area contributed by atoms with Crippen LogP contribution in [-0.2, 0) is 6.54 Å². The van der Waals surface area contributed by atoms with Crippen molar-refractivity contribution >= 4 is 22.6 Å². The minimum Gasteiger partial charge on any atom is -0.306 e. The molecule has 1 heterocycles. The lowest BCUT2D eigenvalue weighted by molar-refractivity contribution is 0.319. The number of hydrogen-bond donors (Lipinski definition) is 1. The van der Waals surface area contributed by atoms with E-state index in [1.807, 2.05) is 22.8 Å². The molecule has 0 bridgehead atoms. The van der Waals surface area contributed by atoms with Crippen molar-refractivity contribution in [2.24, 2.45) is 5.92 Å². The van der Waals surface area contributed by atoms with Crippen molar-refractivity contribution in [2.75, 3.05) is 0 Å². The highest BCUT2D eigenvalue weighted by molar-refractivity contribution is 6.31. The number of aromatic nitrogens is 2. The number of fused-ring (bicyclic) bond motifs is 1.